The standard InChI is InChI=1S/C14H26N2O4/c1-3-15(9-10-20-4-2)14(19)16-7-5-12(6-8-16)11-13(17)18/h12H,3-11H2,1-2H3,(H,17,18). The highest BCUT2D eigenvalue weighted by Crippen LogP contribution is 2.21. The van der Waals surface area contributed by atoms with E-state index in [1.54, 1.807) is 4.90 Å². The van der Waals surface area contributed by atoms with E-state index in [2.05, 4.69) is 0 Å². The van der Waals surface area contributed by atoms with Gasteiger partial charge >= 0.3 is 12.0 Å². The molecule has 0 aliphatic carbocycles. The zero-order valence-corrected chi connectivity index (χ0v) is 12.5. The molecule has 2 amide bonds. The average Bonchev–Trinajstić information content (AvgIpc) is 2.43. The van der Waals surface area contributed by atoms with E-state index in [1.807, 2.05) is 18.7 Å². The molecule has 0 unspecified atom stereocenters. The zero-order valence-electron chi connectivity index (χ0n) is 12.5. The van der Waals surface area contributed by atoms with Crippen molar-refractivity contribution in [1.29, 1.82) is 0 Å². The molecule has 6 nitrogen and oxygen atoms in total. The summed E-state index contributed by atoms with van der Waals surface area (Å²) in [6.07, 6.45) is 1.77. The van der Waals surface area contributed by atoms with Crippen LogP contribution in [0.5, 0.6) is 0 Å². The van der Waals surface area contributed by atoms with Gasteiger partial charge in [0.05, 0.1) is 6.61 Å². The summed E-state index contributed by atoms with van der Waals surface area (Å²) in [7, 11) is 0. The summed E-state index contributed by atoms with van der Waals surface area (Å²) in [5.41, 5.74) is 0. The number of carbonyl (C=O) groups excluding carboxylic acids is 1. The maximum Gasteiger partial charge on any atom is 0.320 e. The number of urea groups is 1. The summed E-state index contributed by atoms with van der Waals surface area (Å²) in [6.45, 7) is 7.70. The summed E-state index contributed by atoms with van der Waals surface area (Å²) in [5.74, 6) is -0.545. The quantitative estimate of drug-likeness (QED) is 0.722. The van der Waals surface area contributed by atoms with Gasteiger partial charge in [0.2, 0.25) is 0 Å². The zero-order chi connectivity index (χ0) is 15.0. The third-order valence-electron chi connectivity index (χ3n) is 3.71. The van der Waals surface area contributed by atoms with Gasteiger partial charge in [0, 0.05) is 39.2 Å². The lowest BCUT2D eigenvalue weighted by Gasteiger charge is -2.35. The Morgan fingerprint density at radius 3 is 2.45 bits per heavy atom. The first-order valence-electron chi connectivity index (χ1n) is 7.41. The Bertz CT molecular complexity index is 314. The number of rotatable bonds is 7. The van der Waals surface area contributed by atoms with E-state index in [0.717, 1.165) is 12.8 Å². The van der Waals surface area contributed by atoms with Gasteiger partial charge in [0.25, 0.3) is 0 Å². The summed E-state index contributed by atoms with van der Waals surface area (Å²) in [5, 5.41) is 8.78. The Labute approximate surface area is 120 Å². The molecule has 20 heavy (non-hydrogen) atoms. The van der Waals surface area contributed by atoms with E-state index in [1.165, 1.54) is 0 Å². The molecule has 0 bridgehead atoms. The summed E-state index contributed by atoms with van der Waals surface area (Å²) in [6, 6.07) is 0.0426. The molecule has 0 atom stereocenters. The SMILES string of the molecule is CCOCCN(CC)C(=O)N1CCC(CC(=O)O)CC1. The average molecular weight is 286 g/mol. The van der Waals surface area contributed by atoms with Crippen LogP contribution in [0.1, 0.15) is 33.1 Å². The Kier molecular flexibility index (Phi) is 7.36. The summed E-state index contributed by atoms with van der Waals surface area (Å²) in [4.78, 5) is 26.6. The fraction of sp³-hybridized carbons (Fsp3) is 0.857. The second-order valence-corrected chi connectivity index (χ2v) is 5.09. The maximum absolute atomic E-state index is 12.3. The van der Waals surface area contributed by atoms with E-state index < -0.39 is 5.97 Å². The maximum atomic E-state index is 12.3. The number of likely N-dealkylation sites (tertiary alicyclic amines) is 1. The van der Waals surface area contributed by atoms with Crippen molar-refractivity contribution in [3.05, 3.63) is 0 Å². The van der Waals surface area contributed by atoms with Gasteiger partial charge in [0.1, 0.15) is 0 Å². The van der Waals surface area contributed by atoms with Gasteiger partial charge in [-0.15, -0.1) is 0 Å². The predicted molar refractivity (Wildman–Crippen MR) is 75.7 cm³/mol. The van der Waals surface area contributed by atoms with Crippen molar-refractivity contribution < 1.29 is 19.4 Å². The molecular formula is C14H26N2O4. The highest BCUT2D eigenvalue weighted by Gasteiger charge is 2.26. The van der Waals surface area contributed by atoms with Gasteiger partial charge in [0.15, 0.2) is 0 Å². The van der Waals surface area contributed by atoms with Crippen molar-refractivity contribution in [2.45, 2.75) is 33.1 Å². The minimum Gasteiger partial charge on any atom is -0.481 e. The van der Waals surface area contributed by atoms with Crippen molar-refractivity contribution >= 4 is 12.0 Å². The lowest BCUT2D eigenvalue weighted by Crippen LogP contribution is -2.47. The molecule has 1 heterocycles. The molecule has 0 saturated carbocycles. The number of carboxylic acids is 1. The van der Waals surface area contributed by atoms with E-state index in [-0.39, 0.29) is 18.4 Å². The van der Waals surface area contributed by atoms with Crippen molar-refractivity contribution in [1.82, 2.24) is 9.80 Å². The first-order chi connectivity index (χ1) is 9.58. The Hall–Kier alpha value is -1.30. The fourth-order valence-corrected chi connectivity index (χ4v) is 2.48. The minimum atomic E-state index is -0.748. The number of ether oxygens (including phenoxy) is 1. The lowest BCUT2D eigenvalue weighted by molar-refractivity contribution is -0.138. The first-order valence-corrected chi connectivity index (χ1v) is 7.41. The topological polar surface area (TPSA) is 70.1 Å². The molecule has 1 saturated heterocycles. The van der Waals surface area contributed by atoms with E-state index in [9.17, 15) is 9.59 Å². The van der Waals surface area contributed by atoms with Gasteiger partial charge in [-0.1, -0.05) is 0 Å². The number of amides is 2. The van der Waals surface area contributed by atoms with Crippen LogP contribution in [0, 0.1) is 5.92 Å². The second kappa shape index (κ2) is 8.79. The molecule has 0 spiro atoms. The molecule has 0 aromatic carbocycles. The van der Waals surface area contributed by atoms with Gasteiger partial charge in [-0.05, 0) is 32.6 Å². The van der Waals surface area contributed by atoms with Crippen LogP contribution in [0.3, 0.4) is 0 Å². The normalized spacial score (nSPS) is 16.2. The molecular weight excluding hydrogens is 260 g/mol. The number of likely N-dealkylation sites (N-methyl/N-ethyl adjacent to an activating group) is 1. The highest BCUT2D eigenvalue weighted by atomic mass is 16.5. The van der Waals surface area contributed by atoms with Crippen molar-refractivity contribution in [2.75, 3.05) is 39.4 Å². The summed E-state index contributed by atoms with van der Waals surface area (Å²) >= 11 is 0. The van der Waals surface area contributed by atoms with Crippen LogP contribution in [0.4, 0.5) is 4.79 Å². The number of carbonyl (C=O) groups is 2. The van der Waals surface area contributed by atoms with Crippen LogP contribution in [-0.2, 0) is 9.53 Å². The number of aliphatic carboxylic acids is 1. The van der Waals surface area contributed by atoms with Crippen LogP contribution in [0.25, 0.3) is 0 Å². The van der Waals surface area contributed by atoms with Gasteiger partial charge in [-0.25, -0.2) is 4.79 Å². The third kappa shape index (κ3) is 5.36. The molecule has 0 aromatic rings. The number of carboxylic acid groups (broad SMARTS) is 1. The Morgan fingerprint density at radius 1 is 1.30 bits per heavy atom. The van der Waals surface area contributed by atoms with Crippen LogP contribution in [-0.4, -0.2) is 66.3 Å². The molecule has 1 aliphatic heterocycles. The highest BCUT2D eigenvalue weighted by molar-refractivity contribution is 5.74. The minimum absolute atomic E-state index is 0.0426. The Morgan fingerprint density at radius 2 is 1.95 bits per heavy atom. The number of piperidine rings is 1. The van der Waals surface area contributed by atoms with Gasteiger partial charge in [-0.2, -0.15) is 0 Å². The number of hydrogen-bond acceptors (Lipinski definition) is 3. The van der Waals surface area contributed by atoms with Crippen LogP contribution < -0.4 is 0 Å². The number of hydrogen-bond donors (Lipinski definition) is 1. The van der Waals surface area contributed by atoms with Gasteiger partial charge < -0.3 is 19.6 Å². The van der Waals surface area contributed by atoms with E-state index in [0.29, 0.717) is 39.4 Å². The molecule has 0 radical (unpaired) electrons. The molecule has 116 valence electrons. The molecule has 1 N–H and O–H groups in total. The molecule has 0 aromatic heterocycles. The lowest BCUT2D eigenvalue weighted by atomic mass is 9.94. The Balaban J connectivity index is 2.38. The monoisotopic (exact) mass is 286 g/mol. The van der Waals surface area contributed by atoms with Crippen molar-refractivity contribution in [3.8, 4) is 0 Å². The predicted octanol–water partition coefficient (Wildman–Crippen LogP) is 1.65. The second-order valence-electron chi connectivity index (χ2n) is 5.09. The van der Waals surface area contributed by atoms with Crippen LogP contribution in [0.2, 0.25) is 0 Å². The molecule has 1 fully saturated rings. The smallest absolute Gasteiger partial charge is 0.320 e. The van der Waals surface area contributed by atoms with E-state index in [4.69, 9.17) is 9.84 Å². The molecule has 1 aliphatic rings. The van der Waals surface area contributed by atoms with E-state index >= 15 is 0 Å². The number of nitrogens with zero attached hydrogens (tertiary/aromatic N) is 2. The molecule has 1 rings (SSSR count). The van der Waals surface area contributed by atoms with Gasteiger partial charge in [-0.3, -0.25) is 4.79 Å². The third-order valence-corrected chi connectivity index (χ3v) is 3.71. The van der Waals surface area contributed by atoms with Crippen LogP contribution >= 0.6 is 0 Å². The summed E-state index contributed by atoms with van der Waals surface area (Å²) < 4.78 is 5.29. The largest absolute Gasteiger partial charge is 0.481 e. The molecule has 6 heteroatoms. The fourth-order valence-electron chi connectivity index (χ4n) is 2.48. The van der Waals surface area contributed by atoms with Crippen molar-refractivity contribution in [2.24, 2.45) is 5.92 Å². The van der Waals surface area contributed by atoms with Crippen LogP contribution in [0.15, 0.2) is 0 Å². The first kappa shape index (κ1) is 16.8. The van der Waals surface area contributed by atoms with Crippen molar-refractivity contribution in [3.63, 3.8) is 0 Å².